The summed E-state index contributed by atoms with van der Waals surface area (Å²) in [5, 5.41) is 3.24. The van der Waals surface area contributed by atoms with Crippen molar-refractivity contribution in [2.45, 2.75) is 20.3 Å². The number of hydrogen-bond acceptors (Lipinski definition) is 3. The molecule has 0 saturated heterocycles. The normalized spacial score (nSPS) is 11.8. The summed E-state index contributed by atoms with van der Waals surface area (Å²) in [6, 6.07) is 0. The number of hydrogen-bond donors (Lipinski definition) is 2. The maximum atomic E-state index is 5.26. The second kappa shape index (κ2) is 8.56. The van der Waals surface area contributed by atoms with Crippen molar-refractivity contribution in [3.63, 3.8) is 0 Å². The predicted molar refractivity (Wildman–Crippen MR) is 51.9 cm³/mol. The Balaban J connectivity index is 3.14. The molecular weight excluding hydrogens is 152 g/mol. The van der Waals surface area contributed by atoms with Gasteiger partial charge >= 0.3 is 0 Å². The Bertz CT molecular complexity index is 124. The van der Waals surface area contributed by atoms with Gasteiger partial charge < -0.3 is 15.8 Å². The molecule has 0 fully saturated rings. The molecule has 3 heteroatoms. The molecule has 0 atom stereocenters. The van der Waals surface area contributed by atoms with E-state index in [9.17, 15) is 0 Å². The molecule has 0 aromatic rings. The zero-order valence-electron chi connectivity index (χ0n) is 8.10. The van der Waals surface area contributed by atoms with Gasteiger partial charge in [-0.2, -0.15) is 0 Å². The Morgan fingerprint density at radius 2 is 2.25 bits per heavy atom. The lowest BCUT2D eigenvalue weighted by Crippen LogP contribution is -2.19. The van der Waals surface area contributed by atoms with Crippen molar-refractivity contribution in [2.24, 2.45) is 5.73 Å². The van der Waals surface area contributed by atoms with E-state index in [2.05, 4.69) is 25.2 Å². The number of allylic oxidation sites excluding steroid dienone is 2. The Kier molecular flexibility index (Phi) is 8.17. The second-order valence-corrected chi connectivity index (χ2v) is 2.62. The second-order valence-electron chi connectivity index (χ2n) is 2.62. The van der Waals surface area contributed by atoms with Gasteiger partial charge in [0.2, 0.25) is 0 Å². The molecule has 72 valence electrons. The van der Waals surface area contributed by atoms with Gasteiger partial charge in [0.1, 0.15) is 0 Å². The zero-order chi connectivity index (χ0) is 9.23. The number of rotatable bonds is 7. The van der Waals surface area contributed by atoms with E-state index in [0.717, 1.165) is 19.6 Å². The molecule has 0 saturated carbocycles. The molecule has 0 aliphatic heterocycles. The summed E-state index contributed by atoms with van der Waals surface area (Å²) in [4.78, 5) is 0. The van der Waals surface area contributed by atoms with Crippen molar-refractivity contribution in [1.29, 1.82) is 0 Å². The summed E-state index contributed by atoms with van der Waals surface area (Å²) in [6.07, 6.45) is 3.23. The molecule has 12 heavy (non-hydrogen) atoms. The fraction of sp³-hybridized carbons (Fsp3) is 0.778. The van der Waals surface area contributed by atoms with Gasteiger partial charge in [-0.15, -0.1) is 0 Å². The van der Waals surface area contributed by atoms with E-state index in [-0.39, 0.29) is 0 Å². The molecule has 3 N–H and O–H groups in total. The van der Waals surface area contributed by atoms with Crippen LogP contribution in [0.2, 0.25) is 0 Å². The van der Waals surface area contributed by atoms with Crippen molar-refractivity contribution < 1.29 is 4.74 Å². The highest BCUT2D eigenvalue weighted by molar-refractivity contribution is 4.93. The fourth-order valence-electron chi connectivity index (χ4n) is 0.884. The highest BCUT2D eigenvalue weighted by Crippen LogP contribution is 1.88. The van der Waals surface area contributed by atoms with Gasteiger partial charge in [0.05, 0.1) is 13.2 Å². The first-order valence-electron chi connectivity index (χ1n) is 4.49. The molecule has 0 aliphatic rings. The van der Waals surface area contributed by atoms with Crippen molar-refractivity contribution in [2.75, 3.05) is 26.3 Å². The number of ether oxygens (including phenoxy) is 1. The zero-order valence-corrected chi connectivity index (χ0v) is 8.10. The highest BCUT2D eigenvalue weighted by atomic mass is 16.5. The van der Waals surface area contributed by atoms with Crippen LogP contribution in [0.4, 0.5) is 0 Å². The van der Waals surface area contributed by atoms with E-state index in [1.807, 2.05) is 0 Å². The van der Waals surface area contributed by atoms with Crippen LogP contribution >= 0.6 is 0 Å². The summed E-state index contributed by atoms with van der Waals surface area (Å²) < 4.78 is 5.20. The van der Waals surface area contributed by atoms with Crippen LogP contribution in [0, 0.1) is 0 Å². The lowest BCUT2D eigenvalue weighted by Gasteiger charge is -2.06. The molecule has 0 spiro atoms. The average molecular weight is 172 g/mol. The Morgan fingerprint density at radius 1 is 1.50 bits per heavy atom. The van der Waals surface area contributed by atoms with Crippen LogP contribution in [-0.4, -0.2) is 26.3 Å². The molecular formula is C9H20N2O. The van der Waals surface area contributed by atoms with Crippen LogP contribution in [0.1, 0.15) is 20.3 Å². The summed E-state index contributed by atoms with van der Waals surface area (Å²) in [5.41, 5.74) is 6.48. The minimum atomic E-state index is 0.601. The topological polar surface area (TPSA) is 47.3 Å². The fourth-order valence-corrected chi connectivity index (χ4v) is 0.884. The predicted octanol–water partition coefficient (Wildman–Crippen LogP) is 0.865. The smallest absolute Gasteiger partial charge is 0.0639 e. The van der Waals surface area contributed by atoms with Crippen LogP contribution in [0.25, 0.3) is 0 Å². The minimum absolute atomic E-state index is 0.601. The summed E-state index contributed by atoms with van der Waals surface area (Å²) in [6.45, 7) is 7.03. The van der Waals surface area contributed by atoms with Gasteiger partial charge in [-0.1, -0.05) is 13.0 Å². The van der Waals surface area contributed by atoms with Crippen LogP contribution < -0.4 is 11.1 Å². The minimum Gasteiger partial charge on any atom is -0.387 e. The standard InChI is InChI=1S/C9H20N2O/c1-3-4-9(2)11-6-8-12-7-5-10/h4,11H,3,5-8,10H2,1-2H3/b9-4-. The third-order valence-electron chi connectivity index (χ3n) is 1.42. The lowest BCUT2D eigenvalue weighted by molar-refractivity contribution is 0.145. The van der Waals surface area contributed by atoms with E-state index in [4.69, 9.17) is 10.5 Å². The Hall–Kier alpha value is -0.540. The van der Waals surface area contributed by atoms with E-state index in [1.165, 1.54) is 5.70 Å². The first-order valence-corrected chi connectivity index (χ1v) is 4.49. The molecule has 3 nitrogen and oxygen atoms in total. The molecule has 0 heterocycles. The summed E-state index contributed by atoms with van der Waals surface area (Å²) >= 11 is 0. The summed E-state index contributed by atoms with van der Waals surface area (Å²) in [7, 11) is 0. The highest BCUT2D eigenvalue weighted by Gasteiger charge is 1.87. The first-order chi connectivity index (χ1) is 5.81. The van der Waals surface area contributed by atoms with Gasteiger partial charge in [-0.3, -0.25) is 0 Å². The molecule has 0 aliphatic carbocycles. The summed E-state index contributed by atoms with van der Waals surface area (Å²) in [5.74, 6) is 0. The van der Waals surface area contributed by atoms with Crippen LogP contribution in [0.3, 0.4) is 0 Å². The van der Waals surface area contributed by atoms with Crippen LogP contribution in [0.5, 0.6) is 0 Å². The van der Waals surface area contributed by atoms with E-state index >= 15 is 0 Å². The largest absolute Gasteiger partial charge is 0.387 e. The SMILES string of the molecule is CC/C=C(/C)NCCOCCN. The molecule has 0 bridgehead atoms. The first kappa shape index (κ1) is 11.5. The molecule has 0 unspecified atom stereocenters. The van der Waals surface area contributed by atoms with Gasteiger partial charge in [-0.05, 0) is 13.3 Å². The van der Waals surface area contributed by atoms with Crippen molar-refractivity contribution in [3.05, 3.63) is 11.8 Å². The average Bonchev–Trinajstić information content (AvgIpc) is 2.05. The van der Waals surface area contributed by atoms with Crippen molar-refractivity contribution in [1.82, 2.24) is 5.32 Å². The molecule has 0 aromatic heterocycles. The van der Waals surface area contributed by atoms with E-state index in [1.54, 1.807) is 0 Å². The molecule has 0 aromatic carbocycles. The lowest BCUT2D eigenvalue weighted by atomic mass is 10.3. The van der Waals surface area contributed by atoms with Gasteiger partial charge in [0.15, 0.2) is 0 Å². The van der Waals surface area contributed by atoms with Crippen LogP contribution in [-0.2, 0) is 4.74 Å². The van der Waals surface area contributed by atoms with Gasteiger partial charge in [0.25, 0.3) is 0 Å². The van der Waals surface area contributed by atoms with Crippen molar-refractivity contribution >= 4 is 0 Å². The molecule has 0 rings (SSSR count). The maximum Gasteiger partial charge on any atom is 0.0639 e. The Morgan fingerprint density at radius 3 is 2.83 bits per heavy atom. The van der Waals surface area contributed by atoms with Crippen molar-refractivity contribution in [3.8, 4) is 0 Å². The van der Waals surface area contributed by atoms with Gasteiger partial charge in [-0.25, -0.2) is 0 Å². The van der Waals surface area contributed by atoms with E-state index < -0.39 is 0 Å². The maximum absolute atomic E-state index is 5.26. The van der Waals surface area contributed by atoms with Gasteiger partial charge in [0, 0.05) is 18.8 Å². The number of nitrogens with two attached hydrogens (primary N) is 1. The monoisotopic (exact) mass is 172 g/mol. The quantitative estimate of drug-likeness (QED) is 0.560. The molecule has 0 radical (unpaired) electrons. The number of nitrogens with one attached hydrogen (secondary N) is 1. The molecule has 0 amide bonds. The third-order valence-corrected chi connectivity index (χ3v) is 1.42. The van der Waals surface area contributed by atoms with Crippen LogP contribution in [0.15, 0.2) is 11.8 Å². The third kappa shape index (κ3) is 7.57. The van der Waals surface area contributed by atoms with E-state index in [0.29, 0.717) is 13.2 Å². The Labute approximate surface area is 75.0 Å².